The zero-order chi connectivity index (χ0) is 12.5. The van der Waals surface area contributed by atoms with Gasteiger partial charge in [0.05, 0.1) is 13.2 Å². The van der Waals surface area contributed by atoms with Gasteiger partial charge < -0.3 is 14.5 Å². The molecule has 0 amide bonds. The maximum atomic E-state index is 11.3. The standard InChI is InChI=1S/C11H14N2O4/c1-2-9(14)16-7-3-4-8-17-11(15)10-12-5-6-13-10/h2,5-6H,1,3-4,7-8H2,(H,12,13). The van der Waals surface area contributed by atoms with Crippen LogP contribution in [0.3, 0.4) is 0 Å². The van der Waals surface area contributed by atoms with E-state index in [0.29, 0.717) is 19.4 Å². The summed E-state index contributed by atoms with van der Waals surface area (Å²) in [7, 11) is 0. The topological polar surface area (TPSA) is 81.3 Å². The van der Waals surface area contributed by atoms with Crippen LogP contribution in [-0.2, 0) is 14.3 Å². The molecular weight excluding hydrogens is 224 g/mol. The van der Waals surface area contributed by atoms with Gasteiger partial charge in [-0.15, -0.1) is 0 Å². The van der Waals surface area contributed by atoms with E-state index in [2.05, 4.69) is 16.5 Å². The Morgan fingerprint density at radius 1 is 1.35 bits per heavy atom. The van der Waals surface area contributed by atoms with E-state index in [-0.39, 0.29) is 12.4 Å². The number of aromatic nitrogens is 2. The van der Waals surface area contributed by atoms with Crippen LogP contribution in [0, 0.1) is 0 Å². The summed E-state index contributed by atoms with van der Waals surface area (Å²) in [4.78, 5) is 28.3. The third-order valence-corrected chi connectivity index (χ3v) is 1.87. The molecule has 17 heavy (non-hydrogen) atoms. The van der Waals surface area contributed by atoms with Crippen molar-refractivity contribution in [2.45, 2.75) is 12.8 Å². The minimum atomic E-state index is -0.488. The van der Waals surface area contributed by atoms with Crippen molar-refractivity contribution in [1.29, 1.82) is 0 Å². The molecule has 6 nitrogen and oxygen atoms in total. The van der Waals surface area contributed by atoms with Gasteiger partial charge in [0.2, 0.25) is 5.82 Å². The van der Waals surface area contributed by atoms with Crippen LogP contribution in [0.25, 0.3) is 0 Å². The second-order valence-corrected chi connectivity index (χ2v) is 3.15. The molecule has 0 aliphatic carbocycles. The van der Waals surface area contributed by atoms with E-state index in [4.69, 9.17) is 9.47 Å². The Hall–Kier alpha value is -2.11. The average molecular weight is 238 g/mol. The molecule has 0 aliphatic heterocycles. The van der Waals surface area contributed by atoms with Crippen molar-refractivity contribution in [3.8, 4) is 0 Å². The van der Waals surface area contributed by atoms with Crippen molar-refractivity contribution in [1.82, 2.24) is 9.97 Å². The quantitative estimate of drug-likeness (QED) is 0.436. The number of nitrogens with zero attached hydrogens (tertiary/aromatic N) is 1. The number of nitrogens with one attached hydrogen (secondary N) is 1. The molecule has 1 rings (SSSR count). The van der Waals surface area contributed by atoms with Crippen LogP contribution < -0.4 is 0 Å². The second-order valence-electron chi connectivity index (χ2n) is 3.15. The number of ether oxygens (including phenoxy) is 2. The Morgan fingerprint density at radius 3 is 2.65 bits per heavy atom. The first-order valence-corrected chi connectivity index (χ1v) is 5.19. The normalized spacial score (nSPS) is 9.65. The number of hydrogen-bond donors (Lipinski definition) is 1. The molecule has 1 aromatic heterocycles. The van der Waals surface area contributed by atoms with Crippen LogP contribution in [0.5, 0.6) is 0 Å². The Morgan fingerprint density at radius 2 is 2.06 bits per heavy atom. The first-order chi connectivity index (χ1) is 8.24. The van der Waals surface area contributed by atoms with Gasteiger partial charge in [0, 0.05) is 18.5 Å². The summed E-state index contributed by atoms with van der Waals surface area (Å²) in [5.41, 5.74) is 0. The van der Waals surface area contributed by atoms with Crippen LogP contribution in [0.1, 0.15) is 23.5 Å². The molecule has 0 spiro atoms. The summed E-state index contributed by atoms with van der Waals surface area (Å²) in [5, 5.41) is 0. The van der Waals surface area contributed by atoms with E-state index in [1.54, 1.807) is 6.20 Å². The lowest BCUT2D eigenvalue weighted by Crippen LogP contribution is -2.09. The molecule has 1 heterocycles. The Bertz CT molecular complexity index is 373. The fourth-order valence-corrected chi connectivity index (χ4v) is 1.05. The number of esters is 2. The molecule has 0 unspecified atom stereocenters. The van der Waals surface area contributed by atoms with Gasteiger partial charge in [0.1, 0.15) is 0 Å². The fraction of sp³-hybridized carbons (Fsp3) is 0.364. The van der Waals surface area contributed by atoms with Crippen LogP contribution in [0.4, 0.5) is 0 Å². The summed E-state index contributed by atoms with van der Waals surface area (Å²) < 4.78 is 9.68. The number of H-pyrrole nitrogens is 1. The molecule has 6 heteroatoms. The van der Waals surface area contributed by atoms with Gasteiger partial charge >= 0.3 is 11.9 Å². The summed E-state index contributed by atoms with van der Waals surface area (Å²) in [5.74, 6) is -0.751. The van der Waals surface area contributed by atoms with E-state index in [0.717, 1.165) is 6.08 Å². The largest absolute Gasteiger partial charge is 0.463 e. The number of carbonyl (C=O) groups excluding carboxylic acids is 2. The highest BCUT2D eigenvalue weighted by atomic mass is 16.5. The van der Waals surface area contributed by atoms with Crippen molar-refractivity contribution in [3.05, 3.63) is 30.9 Å². The number of hydrogen-bond acceptors (Lipinski definition) is 5. The summed E-state index contributed by atoms with van der Waals surface area (Å²) in [6.45, 7) is 3.84. The van der Waals surface area contributed by atoms with Crippen molar-refractivity contribution in [2.75, 3.05) is 13.2 Å². The van der Waals surface area contributed by atoms with Crippen LogP contribution in [0.2, 0.25) is 0 Å². The molecule has 0 saturated heterocycles. The number of rotatable bonds is 7. The van der Waals surface area contributed by atoms with Gasteiger partial charge in [-0.3, -0.25) is 0 Å². The van der Waals surface area contributed by atoms with E-state index >= 15 is 0 Å². The molecule has 0 aromatic carbocycles. The smallest absolute Gasteiger partial charge is 0.374 e. The van der Waals surface area contributed by atoms with E-state index < -0.39 is 11.9 Å². The van der Waals surface area contributed by atoms with Gasteiger partial charge in [0.25, 0.3) is 0 Å². The molecular formula is C11H14N2O4. The lowest BCUT2D eigenvalue weighted by Gasteiger charge is -2.03. The fourth-order valence-electron chi connectivity index (χ4n) is 1.05. The number of unbranched alkanes of at least 4 members (excludes halogenated alkanes) is 1. The van der Waals surface area contributed by atoms with Gasteiger partial charge in [-0.1, -0.05) is 6.58 Å². The third kappa shape index (κ3) is 4.96. The zero-order valence-corrected chi connectivity index (χ0v) is 9.35. The first kappa shape index (κ1) is 13.0. The predicted molar refractivity (Wildman–Crippen MR) is 59.3 cm³/mol. The molecule has 1 aromatic rings. The summed E-state index contributed by atoms with van der Waals surface area (Å²) in [6, 6.07) is 0. The van der Waals surface area contributed by atoms with Crippen molar-refractivity contribution in [3.63, 3.8) is 0 Å². The molecule has 0 saturated carbocycles. The molecule has 92 valence electrons. The maximum absolute atomic E-state index is 11.3. The van der Waals surface area contributed by atoms with E-state index in [1.165, 1.54) is 6.20 Å². The minimum Gasteiger partial charge on any atom is -0.463 e. The van der Waals surface area contributed by atoms with Crippen molar-refractivity contribution >= 4 is 11.9 Å². The monoisotopic (exact) mass is 238 g/mol. The van der Waals surface area contributed by atoms with Crippen LogP contribution in [0.15, 0.2) is 25.0 Å². The Balaban J connectivity index is 2.03. The molecule has 0 bridgehead atoms. The number of carbonyl (C=O) groups is 2. The molecule has 0 radical (unpaired) electrons. The molecule has 0 aliphatic rings. The second kappa shape index (κ2) is 7.21. The third-order valence-electron chi connectivity index (χ3n) is 1.87. The average Bonchev–Trinajstić information content (AvgIpc) is 2.86. The molecule has 0 fully saturated rings. The first-order valence-electron chi connectivity index (χ1n) is 5.19. The summed E-state index contributed by atoms with van der Waals surface area (Å²) in [6.07, 6.45) is 5.38. The Labute approximate surface area is 98.6 Å². The van der Waals surface area contributed by atoms with Gasteiger partial charge in [0.15, 0.2) is 0 Å². The van der Waals surface area contributed by atoms with Gasteiger partial charge in [-0.05, 0) is 12.8 Å². The van der Waals surface area contributed by atoms with Crippen molar-refractivity contribution < 1.29 is 19.1 Å². The van der Waals surface area contributed by atoms with E-state index in [1.807, 2.05) is 0 Å². The lowest BCUT2D eigenvalue weighted by molar-refractivity contribution is -0.137. The van der Waals surface area contributed by atoms with E-state index in [9.17, 15) is 9.59 Å². The number of aromatic amines is 1. The van der Waals surface area contributed by atoms with Crippen LogP contribution in [-0.4, -0.2) is 35.1 Å². The van der Waals surface area contributed by atoms with Crippen LogP contribution >= 0.6 is 0 Å². The lowest BCUT2D eigenvalue weighted by atomic mass is 10.3. The van der Waals surface area contributed by atoms with Gasteiger partial charge in [-0.25, -0.2) is 14.6 Å². The minimum absolute atomic E-state index is 0.183. The predicted octanol–water partition coefficient (Wildman–Crippen LogP) is 1.08. The molecule has 0 atom stereocenters. The Kier molecular flexibility index (Phi) is 5.50. The SMILES string of the molecule is C=CC(=O)OCCCCOC(=O)c1ncc[nH]1. The highest BCUT2D eigenvalue weighted by Gasteiger charge is 2.08. The maximum Gasteiger partial charge on any atom is 0.374 e. The number of imidazole rings is 1. The highest BCUT2D eigenvalue weighted by molar-refractivity contribution is 5.85. The zero-order valence-electron chi connectivity index (χ0n) is 9.35. The van der Waals surface area contributed by atoms with Gasteiger partial charge in [-0.2, -0.15) is 0 Å². The van der Waals surface area contributed by atoms with Crippen molar-refractivity contribution in [2.24, 2.45) is 0 Å². The molecule has 1 N–H and O–H groups in total. The highest BCUT2D eigenvalue weighted by Crippen LogP contribution is 1.97. The summed E-state index contributed by atoms with van der Waals surface area (Å²) >= 11 is 0.